The van der Waals surface area contributed by atoms with Gasteiger partial charge < -0.3 is 33.5 Å². The highest BCUT2D eigenvalue weighted by molar-refractivity contribution is 5.78. The number of esters is 6. The zero-order chi connectivity index (χ0) is 32.4. The average molecular weight is 609 g/mol. The van der Waals surface area contributed by atoms with Gasteiger partial charge in [0.25, 0.3) is 0 Å². The minimum atomic E-state index is -2.23. The van der Waals surface area contributed by atoms with Crippen LogP contribution >= 0.6 is 0 Å². The van der Waals surface area contributed by atoms with Gasteiger partial charge in [0.05, 0.1) is 11.3 Å². The Labute approximate surface area is 249 Å². The third-order valence-electron chi connectivity index (χ3n) is 8.57. The van der Waals surface area contributed by atoms with E-state index in [-0.39, 0.29) is 18.4 Å². The number of carbonyl (C=O) groups excluding carboxylic acids is 6. The van der Waals surface area contributed by atoms with E-state index in [9.17, 15) is 33.9 Å². The Morgan fingerprint density at radius 3 is 2.00 bits per heavy atom. The van der Waals surface area contributed by atoms with E-state index in [1.165, 1.54) is 33.8 Å². The van der Waals surface area contributed by atoms with Crippen LogP contribution in [0.15, 0.2) is 23.3 Å². The molecule has 1 fully saturated rings. The van der Waals surface area contributed by atoms with Crippen molar-refractivity contribution in [2.24, 2.45) is 17.3 Å². The molecule has 0 amide bonds. The molecule has 3 aliphatic rings. The quantitative estimate of drug-likeness (QED) is 0.263. The zero-order valence-corrected chi connectivity index (χ0v) is 25.7. The van der Waals surface area contributed by atoms with Crippen molar-refractivity contribution in [2.75, 3.05) is 6.61 Å². The molecule has 3 rings (SSSR count). The number of hydrogen-bond acceptors (Lipinski definition) is 13. The fourth-order valence-corrected chi connectivity index (χ4v) is 6.58. The molecule has 0 aromatic rings. The van der Waals surface area contributed by atoms with Crippen molar-refractivity contribution >= 4 is 35.8 Å². The third-order valence-corrected chi connectivity index (χ3v) is 8.57. The average Bonchev–Trinajstić information content (AvgIpc) is 3.09. The van der Waals surface area contributed by atoms with Gasteiger partial charge in [0.2, 0.25) is 0 Å². The van der Waals surface area contributed by atoms with E-state index in [2.05, 4.69) is 0 Å². The molecular weight excluding hydrogens is 568 g/mol. The first-order valence-corrected chi connectivity index (χ1v) is 14.0. The summed E-state index contributed by atoms with van der Waals surface area (Å²) in [6.07, 6.45) is -3.32. The lowest BCUT2D eigenvalue weighted by molar-refractivity contribution is -0.218. The summed E-state index contributed by atoms with van der Waals surface area (Å²) in [4.78, 5) is 74.8. The van der Waals surface area contributed by atoms with Crippen LogP contribution in [0.2, 0.25) is 0 Å². The van der Waals surface area contributed by atoms with Gasteiger partial charge in [-0.25, -0.2) is 0 Å². The van der Waals surface area contributed by atoms with Crippen LogP contribution in [0.3, 0.4) is 0 Å². The largest absolute Gasteiger partial charge is 0.462 e. The van der Waals surface area contributed by atoms with Crippen molar-refractivity contribution in [2.45, 2.75) is 104 Å². The highest BCUT2D eigenvalue weighted by Gasteiger charge is 2.67. The van der Waals surface area contributed by atoms with Crippen molar-refractivity contribution in [3.63, 3.8) is 0 Å². The topological polar surface area (TPSA) is 178 Å². The molecule has 238 valence electrons. The number of fused-ring (bicyclic) bond motifs is 2. The summed E-state index contributed by atoms with van der Waals surface area (Å²) >= 11 is 0. The summed E-state index contributed by atoms with van der Waals surface area (Å²) in [7, 11) is 0. The molecule has 0 bridgehead atoms. The maximum Gasteiger partial charge on any atom is 0.312 e. The van der Waals surface area contributed by atoms with E-state index >= 15 is 0 Å². The highest BCUT2D eigenvalue weighted by Crippen LogP contribution is 2.55. The molecule has 0 spiro atoms. The summed E-state index contributed by atoms with van der Waals surface area (Å²) < 4.78 is 34.0. The molecule has 43 heavy (non-hydrogen) atoms. The Bertz CT molecular complexity index is 1230. The van der Waals surface area contributed by atoms with Crippen LogP contribution in [-0.4, -0.2) is 83.7 Å². The maximum atomic E-state index is 13.1. The number of ether oxygens (including phenoxy) is 6. The molecular formula is C30H40O13. The van der Waals surface area contributed by atoms with Crippen LogP contribution in [0.4, 0.5) is 0 Å². The van der Waals surface area contributed by atoms with Gasteiger partial charge in [-0.05, 0) is 19.9 Å². The predicted molar refractivity (Wildman–Crippen MR) is 146 cm³/mol. The van der Waals surface area contributed by atoms with Crippen molar-refractivity contribution in [1.29, 1.82) is 0 Å². The number of aliphatic hydroxyl groups is 1. The van der Waals surface area contributed by atoms with Crippen molar-refractivity contribution < 1.29 is 62.3 Å². The van der Waals surface area contributed by atoms with Crippen molar-refractivity contribution in [3.05, 3.63) is 23.3 Å². The molecule has 0 saturated carbocycles. The Morgan fingerprint density at radius 2 is 1.47 bits per heavy atom. The standard InChI is InChI=1S/C30H40O13/c1-14-9-10-23(40-18(5)33)29(8)24(41-19(6)34)12-22(39-17(4)32)21(13-38-16(3)31)11-25-30(37,15(2)28(36)43-25)27(26(14)29)42-20(7)35/h9,11,15,22-27,37H,10,12-13H2,1-8H3. The van der Waals surface area contributed by atoms with Crippen LogP contribution in [0.1, 0.15) is 68.2 Å². The van der Waals surface area contributed by atoms with Crippen LogP contribution in [0.5, 0.6) is 0 Å². The number of rotatable bonds is 6. The van der Waals surface area contributed by atoms with E-state index in [1.807, 2.05) is 0 Å². The molecule has 1 N–H and O–H groups in total. The lowest BCUT2D eigenvalue weighted by Crippen LogP contribution is -2.65. The zero-order valence-electron chi connectivity index (χ0n) is 25.7. The summed E-state index contributed by atoms with van der Waals surface area (Å²) in [6, 6.07) is 0. The van der Waals surface area contributed by atoms with E-state index in [0.717, 1.165) is 13.8 Å². The van der Waals surface area contributed by atoms with Gasteiger partial charge in [0.15, 0.2) is 11.7 Å². The fourth-order valence-electron chi connectivity index (χ4n) is 6.58. The number of hydrogen-bond donors (Lipinski definition) is 1. The molecule has 1 aliphatic heterocycles. The van der Waals surface area contributed by atoms with E-state index < -0.39 is 95.8 Å². The van der Waals surface area contributed by atoms with Crippen LogP contribution in [0.25, 0.3) is 0 Å². The van der Waals surface area contributed by atoms with E-state index in [0.29, 0.717) is 5.57 Å². The molecule has 9 unspecified atom stereocenters. The normalized spacial score (nSPS) is 35.5. The van der Waals surface area contributed by atoms with E-state index in [1.54, 1.807) is 19.9 Å². The molecule has 9 atom stereocenters. The first-order chi connectivity index (χ1) is 19.9. The Morgan fingerprint density at radius 1 is 0.907 bits per heavy atom. The molecule has 1 saturated heterocycles. The second kappa shape index (κ2) is 12.9. The molecule has 0 aromatic carbocycles. The van der Waals surface area contributed by atoms with Crippen LogP contribution in [-0.2, 0) is 57.2 Å². The van der Waals surface area contributed by atoms with Crippen LogP contribution in [0, 0.1) is 17.3 Å². The van der Waals surface area contributed by atoms with Crippen molar-refractivity contribution in [1.82, 2.24) is 0 Å². The van der Waals surface area contributed by atoms with Gasteiger partial charge in [-0.1, -0.05) is 18.6 Å². The smallest absolute Gasteiger partial charge is 0.312 e. The Kier molecular flexibility index (Phi) is 10.1. The first kappa shape index (κ1) is 33.8. The molecule has 0 radical (unpaired) electrons. The summed E-state index contributed by atoms with van der Waals surface area (Å²) in [5.41, 5.74) is -2.96. The lowest BCUT2D eigenvalue weighted by atomic mass is 9.56. The SMILES string of the molecule is CC(=O)OCC1=CC2OC(=O)C(C)C2(O)C(OC(C)=O)C2C(C)=CCC(OC(C)=O)C2(C)C(OC(C)=O)CC1OC(C)=O. The van der Waals surface area contributed by atoms with E-state index in [4.69, 9.17) is 28.4 Å². The second-order valence-electron chi connectivity index (χ2n) is 11.6. The minimum Gasteiger partial charge on any atom is -0.462 e. The Hall–Kier alpha value is -3.74. The molecule has 1 heterocycles. The number of carbonyl (C=O) groups is 6. The van der Waals surface area contributed by atoms with Gasteiger partial charge in [-0.3, -0.25) is 28.8 Å². The molecule has 0 aromatic heterocycles. The highest BCUT2D eigenvalue weighted by atomic mass is 16.6. The summed E-state index contributed by atoms with van der Waals surface area (Å²) in [5.74, 6) is -6.59. The lowest BCUT2D eigenvalue weighted by Gasteiger charge is -2.55. The molecule has 2 aliphatic carbocycles. The minimum absolute atomic E-state index is 0.114. The molecule has 13 nitrogen and oxygen atoms in total. The second-order valence-corrected chi connectivity index (χ2v) is 11.6. The molecule has 13 heteroatoms. The summed E-state index contributed by atoms with van der Waals surface area (Å²) in [5, 5.41) is 12.5. The monoisotopic (exact) mass is 608 g/mol. The van der Waals surface area contributed by atoms with Gasteiger partial charge in [-0.2, -0.15) is 0 Å². The van der Waals surface area contributed by atoms with Crippen molar-refractivity contribution in [3.8, 4) is 0 Å². The predicted octanol–water partition coefficient (Wildman–Crippen LogP) is 1.87. The van der Waals surface area contributed by atoms with Crippen LogP contribution < -0.4 is 0 Å². The first-order valence-electron chi connectivity index (χ1n) is 14.0. The van der Waals surface area contributed by atoms with Gasteiger partial charge in [0.1, 0.15) is 31.0 Å². The van der Waals surface area contributed by atoms with Gasteiger partial charge in [-0.15, -0.1) is 0 Å². The maximum absolute atomic E-state index is 13.1. The fraction of sp³-hybridized carbons (Fsp3) is 0.667. The Balaban J connectivity index is 2.46. The summed E-state index contributed by atoms with van der Waals surface area (Å²) in [6.45, 7) is 10.2. The van der Waals surface area contributed by atoms with Gasteiger partial charge in [0, 0.05) is 59.0 Å². The third kappa shape index (κ3) is 6.76. The van der Waals surface area contributed by atoms with Gasteiger partial charge >= 0.3 is 35.8 Å².